The third kappa shape index (κ3) is 5.98. The molecule has 1 unspecified atom stereocenters. The van der Waals surface area contributed by atoms with Crippen LogP contribution in [-0.4, -0.2) is 63.2 Å². The van der Waals surface area contributed by atoms with Crippen LogP contribution in [0.25, 0.3) is 0 Å². The largest absolute Gasteiger partial charge is 0.381 e. The predicted octanol–water partition coefficient (Wildman–Crippen LogP) is 1.80. The Morgan fingerprint density at radius 2 is 2.23 bits per heavy atom. The van der Waals surface area contributed by atoms with E-state index in [1.54, 1.807) is 19.1 Å². The van der Waals surface area contributed by atoms with Gasteiger partial charge in [-0.15, -0.1) is 0 Å². The topological polar surface area (TPSA) is 66.0 Å². The smallest absolute Gasteiger partial charge is 0.251 e. The van der Waals surface area contributed by atoms with Crippen molar-refractivity contribution in [3.8, 4) is 0 Å². The normalized spacial score (nSPS) is 17.2. The maximum Gasteiger partial charge on any atom is 0.251 e. The average Bonchev–Trinajstić information content (AvgIpc) is 3.12. The lowest BCUT2D eigenvalue weighted by Crippen LogP contribution is -2.42. The van der Waals surface area contributed by atoms with Crippen LogP contribution in [0.3, 0.4) is 0 Å². The minimum absolute atomic E-state index is 0.291. The number of nitrogens with one attached hydrogen (secondary N) is 2. The Morgan fingerprint density at radius 3 is 2.88 bits per heavy atom. The Balaban J connectivity index is 1.82. The van der Waals surface area contributed by atoms with E-state index in [1.165, 1.54) is 6.07 Å². The van der Waals surface area contributed by atoms with Crippen LogP contribution >= 0.6 is 0 Å². The second-order valence-corrected chi connectivity index (χ2v) is 6.57. The highest BCUT2D eigenvalue weighted by Crippen LogP contribution is 2.13. The van der Waals surface area contributed by atoms with Gasteiger partial charge in [-0.2, -0.15) is 0 Å². The van der Waals surface area contributed by atoms with E-state index in [0.717, 1.165) is 38.7 Å². The molecule has 2 N–H and O–H groups in total. The molecule has 6 nitrogen and oxygen atoms in total. The number of ether oxygens (including phenoxy) is 1. The Bertz CT molecular complexity index is 630. The van der Waals surface area contributed by atoms with Crippen LogP contribution in [0, 0.1) is 18.7 Å². The molecular formula is C19H29FN4O2. The van der Waals surface area contributed by atoms with Gasteiger partial charge in [0.05, 0.1) is 13.2 Å². The van der Waals surface area contributed by atoms with E-state index < -0.39 is 0 Å². The van der Waals surface area contributed by atoms with Gasteiger partial charge in [0.15, 0.2) is 5.96 Å². The maximum absolute atomic E-state index is 13.5. The SMILES string of the molecule is CCNC(=NCCNC(=O)c1ccc(C)c(F)c1)N(C)CC1CCOC1. The van der Waals surface area contributed by atoms with Crippen LogP contribution in [0.15, 0.2) is 23.2 Å². The molecule has 0 radical (unpaired) electrons. The third-order valence-corrected chi connectivity index (χ3v) is 4.35. The third-order valence-electron chi connectivity index (χ3n) is 4.35. The van der Waals surface area contributed by atoms with E-state index in [-0.39, 0.29) is 11.7 Å². The number of carbonyl (C=O) groups is 1. The summed E-state index contributed by atoms with van der Waals surface area (Å²) in [6, 6.07) is 4.49. The van der Waals surface area contributed by atoms with E-state index in [9.17, 15) is 9.18 Å². The fraction of sp³-hybridized carbons (Fsp3) is 0.579. The van der Waals surface area contributed by atoms with E-state index >= 15 is 0 Å². The first-order chi connectivity index (χ1) is 12.5. The molecule has 1 aliphatic rings. The molecule has 0 saturated carbocycles. The van der Waals surface area contributed by atoms with Crippen LogP contribution in [0.4, 0.5) is 4.39 Å². The van der Waals surface area contributed by atoms with Gasteiger partial charge in [-0.3, -0.25) is 9.79 Å². The van der Waals surface area contributed by atoms with Crippen molar-refractivity contribution in [2.75, 3.05) is 46.4 Å². The molecule has 1 atom stereocenters. The molecular weight excluding hydrogens is 335 g/mol. The summed E-state index contributed by atoms with van der Waals surface area (Å²) in [5.41, 5.74) is 0.847. The zero-order valence-corrected chi connectivity index (χ0v) is 15.8. The summed E-state index contributed by atoms with van der Waals surface area (Å²) >= 11 is 0. The first kappa shape index (κ1) is 20.2. The fourth-order valence-electron chi connectivity index (χ4n) is 2.84. The summed E-state index contributed by atoms with van der Waals surface area (Å²) in [5.74, 6) is 0.679. The quantitative estimate of drug-likeness (QED) is 0.440. The molecule has 0 spiro atoms. The number of amides is 1. The highest BCUT2D eigenvalue weighted by Gasteiger charge is 2.19. The molecule has 144 valence electrons. The zero-order valence-electron chi connectivity index (χ0n) is 15.8. The summed E-state index contributed by atoms with van der Waals surface area (Å²) in [6.07, 6.45) is 1.08. The molecule has 1 heterocycles. The zero-order chi connectivity index (χ0) is 18.9. The molecule has 1 saturated heterocycles. The number of aliphatic imine (C=N–C) groups is 1. The number of halogens is 1. The lowest BCUT2D eigenvalue weighted by atomic mass is 10.1. The number of nitrogens with zero attached hydrogens (tertiary/aromatic N) is 2. The minimum atomic E-state index is -0.373. The summed E-state index contributed by atoms with van der Waals surface area (Å²) in [4.78, 5) is 18.7. The number of aryl methyl sites for hydroxylation is 1. The molecule has 0 aliphatic carbocycles. The Morgan fingerprint density at radius 1 is 1.42 bits per heavy atom. The molecule has 0 aromatic heterocycles. The van der Waals surface area contributed by atoms with Crippen molar-refractivity contribution in [1.29, 1.82) is 0 Å². The van der Waals surface area contributed by atoms with Crippen LogP contribution < -0.4 is 10.6 Å². The second-order valence-electron chi connectivity index (χ2n) is 6.57. The lowest BCUT2D eigenvalue weighted by molar-refractivity contribution is 0.0954. The molecule has 1 aliphatic heterocycles. The highest BCUT2D eigenvalue weighted by molar-refractivity contribution is 5.94. The number of hydrogen-bond acceptors (Lipinski definition) is 3. The molecule has 26 heavy (non-hydrogen) atoms. The van der Waals surface area contributed by atoms with Crippen LogP contribution in [-0.2, 0) is 4.74 Å². The standard InChI is InChI=1S/C19H29FN4O2/c1-4-21-19(24(3)12-15-7-10-26-13-15)23-9-8-22-18(25)16-6-5-14(2)17(20)11-16/h5-6,11,15H,4,7-10,12-13H2,1-3H3,(H,21,23)(H,22,25). The molecule has 1 aromatic carbocycles. The minimum Gasteiger partial charge on any atom is -0.381 e. The first-order valence-corrected chi connectivity index (χ1v) is 9.12. The molecule has 7 heteroatoms. The Kier molecular flexibility index (Phi) is 7.84. The monoisotopic (exact) mass is 364 g/mol. The van der Waals surface area contributed by atoms with Gasteiger partial charge in [-0.05, 0) is 38.0 Å². The van der Waals surface area contributed by atoms with Gasteiger partial charge in [0.25, 0.3) is 5.91 Å². The molecule has 1 fully saturated rings. The number of rotatable bonds is 7. The predicted molar refractivity (Wildman–Crippen MR) is 101 cm³/mol. The van der Waals surface area contributed by atoms with Crippen molar-refractivity contribution in [1.82, 2.24) is 15.5 Å². The van der Waals surface area contributed by atoms with Crippen molar-refractivity contribution in [3.05, 3.63) is 35.1 Å². The van der Waals surface area contributed by atoms with E-state index in [4.69, 9.17) is 4.74 Å². The van der Waals surface area contributed by atoms with Crippen molar-refractivity contribution in [2.24, 2.45) is 10.9 Å². The highest BCUT2D eigenvalue weighted by atomic mass is 19.1. The van der Waals surface area contributed by atoms with Crippen molar-refractivity contribution < 1.29 is 13.9 Å². The number of guanidine groups is 1. The number of benzene rings is 1. The van der Waals surface area contributed by atoms with Crippen molar-refractivity contribution >= 4 is 11.9 Å². The fourth-order valence-corrected chi connectivity index (χ4v) is 2.84. The van der Waals surface area contributed by atoms with E-state index in [1.807, 2.05) is 14.0 Å². The summed E-state index contributed by atoms with van der Waals surface area (Å²) < 4.78 is 19.0. The lowest BCUT2D eigenvalue weighted by Gasteiger charge is -2.24. The molecule has 0 bridgehead atoms. The second kappa shape index (κ2) is 10.1. The van der Waals surface area contributed by atoms with E-state index in [2.05, 4.69) is 20.5 Å². The van der Waals surface area contributed by atoms with Gasteiger partial charge < -0.3 is 20.3 Å². The van der Waals surface area contributed by atoms with Crippen LogP contribution in [0.1, 0.15) is 29.3 Å². The van der Waals surface area contributed by atoms with Gasteiger partial charge in [0, 0.05) is 44.8 Å². The molecule has 1 amide bonds. The molecule has 1 aromatic rings. The van der Waals surface area contributed by atoms with Crippen LogP contribution in [0.5, 0.6) is 0 Å². The van der Waals surface area contributed by atoms with Crippen LogP contribution in [0.2, 0.25) is 0 Å². The average molecular weight is 364 g/mol. The first-order valence-electron chi connectivity index (χ1n) is 9.12. The van der Waals surface area contributed by atoms with E-state index in [0.29, 0.717) is 30.1 Å². The van der Waals surface area contributed by atoms with Gasteiger partial charge in [0.1, 0.15) is 5.82 Å². The van der Waals surface area contributed by atoms with Gasteiger partial charge >= 0.3 is 0 Å². The summed E-state index contributed by atoms with van der Waals surface area (Å²) in [5, 5.41) is 6.04. The van der Waals surface area contributed by atoms with Crippen molar-refractivity contribution in [2.45, 2.75) is 20.3 Å². The maximum atomic E-state index is 13.5. The molecule has 2 rings (SSSR count). The summed E-state index contributed by atoms with van der Waals surface area (Å²) in [6.45, 7) is 7.83. The van der Waals surface area contributed by atoms with Gasteiger partial charge in [-0.25, -0.2) is 4.39 Å². The van der Waals surface area contributed by atoms with Gasteiger partial charge in [-0.1, -0.05) is 6.07 Å². The van der Waals surface area contributed by atoms with Crippen molar-refractivity contribution in [3.63, 3.8) is 0 Å². The Hall–Kier alpha value is -2.15. The summed E-state index contributed by atoms with van der Waals surface area (Å²) in [7, 11) is 2.01. The van der Waals surface area contributed by atoms with Gasteiger partial charge in [0.2, 0.25) is 0 Å². The number of hydrogen-bond donors (Lipinski definition) is 2. The Labute approximate surface area is 154 Å². The number of carbonyl (C=O) groups excluding carboxylic acids is 1.